The minimum Gasteiger partial charge on any atom is -0.481 e. The summed E-state index contributed by atoms with van der Waals surface area (Å²) in [6.45, 7) is 0. The van der Waals surface area contributed by atoms with E-state index >= 15 is 0 Å². The van der Waals surface area contributed by atoms with Crippen molar-refractivity contribution >= 4 is 5.97 Å². The number of ether oxygens (including phenoxy) is 1. The van der Waals surface area contributed by atoms with Gasteiger partial charge in [0.05, 0.1) is 12.7 Å². The number of methoxy groups -OCH3 is 1. The SMILES string of the molecule is COc1onc2c1CCCC2C(=O)O. The number of aromatic nitrogens is 1. The maximum atomic E-state index is 10.9. The third-order valence-electron chi connectivity index (χ3n) is 2.52. The molecule has 0 spiro atoms. The monoisotopic (exact) mass is 197 g/mol. The van der Waals surface area contributed by atoms with Crippen LogP contribution in [0.5, 0.6) is 5.95 Å². The molecule has 5 heteroatoms. The Bertz CT molecular complexity index is 358. The molecule has 5 nitrogen and oxygen atoms in total. The lowest BCUT2D eigenvalue weighted by Gasteiger charge is -2.15. The van der Waals surface area contributed by atoms with Crippen LogP contribution in [0.1, 0.15) is 30.0 Å². The zero-order valence-electron chi connectivity index (χ0n) is 7.82. The fraction of sp³-hybridized carbons (Fsp3) is 0.556. The number of hydrogen-bond acceptors (Lipinski definition) is 4. The Morgan fingerprint density at radius 2 is 2.50 bits per heavy atom. The molecule has 1 N–H and O–H groups in total. The van der Waals surface area contributed by atoms with Crippen molar-refractivity contribution in [2.75, 3.05) is 7.11 Å². The Balaban J connectivity index is 2.40. The maximum Gasteiger partial charge on any atom is 0.314 e. The summed E-state index contributed by atoms with van der Waals surface area (Å²) in [7, 11) is 1.49. The zero-order chi connectivity index (χ0) is 10.1. The predicted octanol–water partition coefficient (Wildman–Crippen LogP) is 1.19. The van der Waals surface area contributed by atoms with Crippen LogP contribution < -0.4 is 4.74 Å². The molecule has 2 rings (SSSR count). The molecule has 0 radical (unpaired) electrons. The first-order valence-electron chi connectivity index (χ1n) is 4.49. The van der Waals surface area contributed by atoms with Crippen LogP contribution in [0.4, 0.5) is 0 Å². The summed E-state index contributed by atoms with van der Waals surface area (Å²) in [6, 6.07) is 0. The standard InChI is InChI=1S/C9H11NO4/c1-13-9-6-4-2-3-5(8(11)12)7(6)10-14-9/h5H,2-4H2,1H3,(H,11,12). The van der Waals surface area contributed by atoms with Crippen molar-refractivity contribution in [2.45, 2.75) is 25.2 Å². The number of nitrogens with zero attached hydrogens (tertiary/aromatic N) is 1. The van der Waals surface area contributed by atoms with Gasteiger partial charge in [-0.25, -0.2) is 0 Å². The number of carboxylic acids is 1. The lowest BCUT2D eigenvalue weighted by atomic mass is 9.88. The Morgan fingerprint density at radius 3 is 3.14 bits per heavy atom. The van der Waals surface area contributed by atoms with Gasteiger partial charge in [-0.3, -0.25) is 4.79 Å². The molecule has 14 heavy (non-hydrogen) atoms. The van der Waals surface area contributed by atoms with Gasteiger partial charge in [-0.2, -0.15) is 0 Å². The molecule has 0 saturated carbocycles. The quantitative estimate of drug-likeness (QED) is 0.770. The largest absolute Gasteiger partial charge is 0.481 e. The number of carbonyl (C=O) groups is 1. The van der Waals surface area contributed by atoms with Crippen LogP contribution in [0.25, 0.3) is 0 Å². The Hall–Kier alpha value is -1.52. The van der Waals surface area contributed by atoms with E-state index in [0.717, 1.165) is 18.4 Å². The second-order valence-corrected chi connectivity index (χ2v) is 3.32. The smallest absolute Gasteiger partial charge is 0.314 e. The van der Waals surface area contributed by atoms with Crippen molar-refractivity contribution in [1.82, 2.24) is 5.16 Å². The fourth-order valence-corrected chi connectivity index (χ4v) is 1.83. The molecule has 0 aromatic carbocycles. The molecule has 1 atom stereocenters. The normalized spacial score (nSPS) is 20.2. The van der Waals surface area contributed by atoms with E-state index < -0.39 is 11.9 Å². The molecule has 1 unspecified atom stereocenters. The van der Waals surface area contributed by atoms with Crippen LogP contribution in [-0.2, 0) is 11.2 Å². The fourth-order valence-electron chi connectivity index (χ4n) is 1.83. The third kappa shape index (κ3) is 1.25. The van der Waals surface area contributed by atoms with Crippen molar-refractivity contribution in [1.29, 1.82) is 0 Å². The lowest BCUT2D eigenvalue weighted by Crippen LogP contribution is -2.17. The van der Waals surface area contributed by atoms with Crippen LogP contribution in [0.15, 0.2) is 4.52 Å². The molecule has 1 heterocycles. The lowest BCUT2D eigenvalue weighted by molar-refractivity contribution is -0.139. The van der Waals surface area contributed by atoms with Gasteiger partial charge in [0.25, 0.3) is 0 Å². The Labute approximate surface area is 80.6 Å². The van der Waals surface area contributed by atoms with Gasteiger partial charge in [0.1, 0.15) is 11.6 Å². The van der Waals surface area contributed by atoms with E-state index in [1.54, 1.807) is 0 Å². The molecule has 1 aliphatic rings. The van der Waals surface area contributed by atoms with Crippen LogP contribution in [-0.4, -0.2) is 23.3 Å². The molecular formula is C9H11NO4. The minimum absolute atomic E-state index is 0.353. The third-order valence-corrected chi connectivity index (χ3v) is 2.52. The average Bonchev–Trinajstić information content (AvgIpc) is 2.59. The minimum atomic E-state index is -0.845. The van der Waals surface area contributed by atoms with Crippen LogP contribution in [0.2, 0.25) is 0 Å². The highest BCUT2D eigenvalue weighted by Crippen LogP contribution is 2.36. The molecule has 1 aromatic heterocycles. The number of hydrogen-bond donors (Lipinski definition) is 1. The van der Waals surface area contributed by atoms with Crippen LogP contribution >= 0.6 is 0 Å². The molecule has 0 aliphatic heterocycles. The van der Waals surface area contributed by atoms with Crippen LogP contribution in [0, 0.1) is 0 Å². The van der Waals surface area contributed by atoms with Gasteiger partial charge in [0.2, 0.25) is 0 Å². The highest BCUT2D eigenvalue weighted by molar-refractivity contribution is 5.76. The first-order valence-corrected chi connectivity index (χ1v) is 4.49. The average molecular weight is 197 g/mol. The van der Waals surface area contributed by atoms with Crippen LogP contribution in [0.3, 0.4) is 0 Å². The number of rotatable bonds is 2. The van der Waals surface area contributed by atoms with E-state index in [0.29, 0.717) is 18.1 Å². The van der Waals surface area contributed by atoms with Crippen molar-refractivity contribution in [2.24, 2.45) is 0 Å². The second kappa shape index (κ2) is 3.32. The van der Waals surface area contributed by atoms with E-state index in [1.807, 2.05) is 0 Å². The van der Waals surface area contributed by atoms with Gasteiger partial charge in [0.15, 0.2) is 0 Å². The number of aliphatic carboxylic acids is 1. The summed E-state index contributed by atoms with van der Waals surface area (Å²) in [5, 5.41) is 12.7. The summed E-state index contributed by atoms with van der Waals surface area (Å²) in [5.74, 6) is -1.03. The van der Waals surface area contributed by atoms with Gasteiger partial charge >= 0.3 is 11.9 Å². The van der Waals surface area contributed by atoms with E-state index in [9.17, 15) is 4.79 Å². The molecule has 0 bridgehead atoms. The van der Waals surface area contributed by atoms with Gasteiger partial charge in [-0.15, -0.1) is 0 Å². The van der Waals surface area contributed by atoms with Crippen molar-refractivity contribution in [3.05, 3.63) is 11.3 Å². The zero-order valence-corrected chi connectivity index (χ0v) is 7.82. The van der Waals surface area contributed by atoms with E-state index in [2.05, 4.69) is 5.16 Å². The van der Waals surface area contributed by atoms with E-state index in [-0.39, 0.29) is 0 Å². The number of fused-ring (bicyclic) bond motifs is 1. The maximum absolute atomic E-state index is 10.9. The summed E-state index contributed by atoms with van der Waals surface area (Å²) < 4.78 is 9.87. The molecular weight excluding hydrogens is 186 g/mol. The molecule has 1 aliphatic carbocycles. The summed E-state index contributed by atoms with van der Waals surface area (Å²) >= 11 is 0. The predicted molar refractivity (Wildman–Crippen MR) is 46.4 cm³/mol. The van der Waals surface area contributed by atoms with Gasteiger partial charge < -0.3 is 14.4 Å². The second-order valence-electron chi connectivity index (χ2n) is 3.32. The van der Waals surface area contributed by atoms with Gasteiger partial charge in [-0.1, -0.05) is 5.16 Å². The van der Waals surface area contributed by atoms with Crippen molar-refractivity contribution in [3.8, 4) is 5.95 Å². The topological polar surface area (TPSA) is 72.6 Å². The Morgan fingerprint density at radius 1 is 1.71 bits per heavy atom. The summed E-state index contributed by atoms with van der Waals surface area (Å²) in [4.78, 5) is 10.9. The number of carboxylic acid groups (broad SMARTS) is 1. The molecule has 0 amide bonds. The van der Waals surface area contributed by atoms with Gasteiger partial charge in [0, 0.05) is 0 Å². The van der Waals surface area contributed by atoms with E-state index in [4.69, 9.17) is 14.4 Å². The van der Waals surface area contributed by atoms with Crippen molar-refractivity contribution in [3.63, 3.8) is 0 Å². The summed E-state index contributed by atoms with van der Waals surface area (Å²) in [6.07, 6.45) is 2.24. The van der Waals surface area contributed by atoms with Crippen molar-refractivity contribution < 1.29 is 19.2 Å². The summed E-state index contributed by atoms with van der Waals surface area (Å²) in [5.41, 5.74) is 1.34. The highest BCUT2D eigenvalue weighted by Gasteiger charge is 2.32. The van der Waals surface area contributed by atoms with Gasteiger partial charge in [-0.05, 0) is 19.3 Å². The first-order chi connectivity index (χ1) is 6.74. The molecule has 1 aromatic rings. The molecule has 0 fully saturated rings. The molecule has 76 valence electrons. The first kappa shape index (κ1) is 9.05. The van der Waals surface area contributed by atoms with E-state index in [1.165, 1.54) is 7.11 Å². The molecule has 0 saturated heterocycles. The highest BCUT2D eigenvalue weighted by atomic mass is 16.6. The Kier molecular flexibility index (Phi) is 2.15.